The second-order valence-electron chi connectivity index (χ2n) is 6.59. The third-order valence-corrected chi connectivity index (χ3v) is 4.71. The second kappa shape index (κ2) is 5.82. The highest BCUT2D eigenvalue weighted by atomic mass is 19.4. The molecule has 2 aromatic rings. The van der Waals surface area contributed by atoms with Crippen molar-refractivity contribution in [2.75, 3.05) is 0 Å². The monoisotopic (exact) mass is 376 g/mol. The number of rotatable bonds is 1. The van der Waals surface area contributed by atoms with Gasteiger partial charge in [-0.2, -0.15) is 23.3 Å². The summed E-state index contributed by atoms with van der Waals surface area (Å²) in [4.78, 5) is 13.2. The highest BCUT2D eigenvalue weighted by Gasteiger charge is 2.63. The summed E-state index contributed by atoms with van der Waals surface area (Å²) in [6.45, 7) is 1.34. The molecule has 0 aliphatic carbocycles. The lowest BCUT2D eigenvalue weighted by Crippen LogP contribution is -2.57. The van der Waals surface area contributed by atoms with E-state index >= 15 is 0 Å². The molecular formula is C19H15F3N2O3. The Labute approximate surface area is 152 Å². The fourth-order valence-corrected chi connectivity index (χ4v) is 3.47. The van der Waals surface area contributed by atoms with Crippen LogP contribution in [-0.2, 0) is 4.79 Å². The Bertz CT molecular complexity index is 912. The van der Waals surface area contributed by atoms with E-state index in [9.17, 15) is 23.1 Å². The molecule has 27 heavy (non-hydrogen) atoms. The number of nitrogens with zero attached hydrogens (tertiary/aromatic N) is 2. The van der Waals surface area contributed by atoms with Gasteiger partial charge in [-0.15, -0.1) is 0 Å². The summed E-state index contributed by atoms with van der Waals surface area (Å²) in [6.07, 6.45) is -5.83. The molecule has 2 aliphatic heterocycles. The number of amides is 1. The average Bonchev–Trinajstić information content (AvgIpc) is 2.94. The van der Waals surface area contributed by atoms with E-state index < -0.39 is 30.1 Å². The van der Waals surface area contributed by atoms with Crippen LogP contribution in [-0.4, -0.2) is 33.6 Å². The van der Waals surface area contributed by atoms with Gasteiger partial charge in [-0.05, 0) is 19.1 Å². The minimum absolute atomic E-state index is 0.0248. The fraction of sp³-hybridized carbons (Fsp3) is 0.263. The molecule has 0 spiro atoms. The maximum absolute atomic E-state index is 13.5. The van der Waals surface area contributed by atoms with Gasteiger partial charge in [-0.25, -0.2) is 0 Å². The lowest BCUT2D eigenvalue weighted by atomic mass is 9.86. The highest BCUT2D eigenvalue weighted by Crippen LogP contribution is 2.48. The Hall–Kier alpha value is -2.87. The van der Waals surface area contributed by atoms with E-state index in [-0.39, 0.29) is 10.7 Å². The van der Waals surface area contributed by atoms with Crippen molar-refractivity contribution in [1.29, 1.82) is 0 Å². The summed E-state index contributed by atoms with van der Waals surface area (Å²) in [5.41, 5.74) is -2.50. The van der Waals surface area contributed by atoms with Crippen molar-refractivity contribution >= 4 is 11.6 Å². The molecule has 0 aromatic heterocycles. The molecule has 2 heterocycles. The summed E-state index contributed by atoms with van der Waals surface area (Å²) in [6, 6.07) is 13.3. The number of benzene rings is 2. The van der Waals surface area contributed by atoms with E-state index in [1.54, 1.807) is 48.5 Å². The zero-order valence-electron chi connectivity index (χ0n) is 14.2. The van der Waals surface area contributed by atoms with Gasteiger partial charge in [0, 0.05) is 23.3 Å². The predicted octanol–water partition coefficient (Wildman–Crippen LogP) is 3.78. The quantitative estimate of drug-likeness (QED) is 0.824. The number of hydrazone groups is 1. The Morgan fingerprint density at radius 3 is 2.19 bits per heavy atom. The largest absolute Gasteiger partial charge is 0.457 e. The molecule has 0 saturated carbocycles. The molecule has 5 nitrogen and oxygen atoms in total. The van der Waals surface area contributed by atoms with Gasteiger partial charge in [-0.1, -0.05) is 36.4 Å². The molecule has 1 unspecified atom stereocenters. The van der Waals surface area contributed by atoms with Crippen molar-refractivity contribution in [3.63, 3.8) is 0 Å². The Balaban J connectivity index is 1.85. The van der Waals surface area contributed by atoms with Gasteiger partial charge in [0.05, 0.1) is 5.92 Å². The number of alkyl halides is 3. The highest BCUT2D eigenvalue weighted by molar-refractivity contribution is 5.94. The number of hydrogen-bond acceptors (Lipinski definition) is 4. The van der Waals surface area contributed by atoms with Crippen molar-refractivity contribution in [3.05, 3.63) is 59.7 Å². The van der Waals surface area contributed by atoms with Gasteiger partial charge in [0.2, 0.25) is 0 Å². The molecular weight excluding hydrogens is 361 g/mol. The number of hydrogen-bond donors (Lipinski definition) is 1. The number of ether oxygens (including phenoxy) is 1. The first kappa shape index (κ1) is 17.5. The van der Waals surface area contributed by atoms with Crippen molar-refractivity contribution in [3.8, 4) is 11.5 Å². The zero-order valence-corrected chi connectivity index (χ0v) is 14.2. The van der Waals surface area contributed by atoms with Gasteiger partial charge < -0.3 is 9.84 Å². The Morgan fingerprint density at radius 1 is 1.15 bits per heavy atom. The average molecular weight is 376 g/mol. The Morgan fingerprint density at radius 2 is 1.67 bits per heavy atom. The van der Waals surface area contributed by atoms with Crippen LogP contribution in [0, 0.1) is 0 Å². The van der Waals surface area contributed by atoms with Crippen molar-refractivity contribution in [2.45, 2.75) is 31.2 Å². The standard InChI is InChI=1S/C19H15F3N2O3/c1-11-10-18(26,19(20,21)22)24(23-11)17(25)16-12-6-2-4-8-14(12)27-15-9-5-3-7-13(15)16/h2-9,16,26H,10H2,1H3. The molecule has 140 valence electrons. The summed E-state index contributed by atoms with van der Waals surface area (Å²) < 4.78 is 46.4. The molecule has 2 aliphatic rings. The van der Waals surface area contributed by atoms with Crippen molar-refractivity contribution < 1.29 is 27.8 Å². The maximum Gasteiger partial charge on any atom is 0.438 e. The van der Waals surface area contributed by atoms with Crippen molar-refractivity contribution in [2.24, 2.45) is 5.10 Å². The van der Waals surface area contributed by atoms with E-state index in [0.717, 1.165) is 0 Å². The summed E-state index contributed by atoms with van der Waals surface area (Å²) >= 11 is 0. The summed E-state index contributed by atoms with van der Waals surface area (Å²) in [5, 5.41) is 14.2. The molecule has 0 radical (unpaired) electrons. The topological polar surface area (TPSA) is 62.1 Å². The van der Waals surface area contributed by atoms with E-state index in [0.29, 0.717) is 22.6 Å². The number of carbonyl (C=O) groups is 1. The van der Waals surface area contributed by atoms with Gasteiger partial charge in [0.15, 0.2) is 0 Å². The summed E-state index contributed by atoms with van der Waals surface area (Å²) in [5.74, 6) is -1.28. The molecule has 0 fully saturated rings. The lowest BCUT2D eigenvalue weighted by Gasteiger charge is -2.36. The van der Waals surface area contributed by atoms with E-state index in [4.69, 9.17) is 4.74 Å². The number of fused-ring (bicyclic) bond motifs is 2. The van der Waals surface area contributed by atoms with Crippen LogP contribution in [0.1, 0.15) is 30.4 Å². The first-order valence-electron chi connectivity index (χ1n) is 8.25. The lowest BCUT2D eigenvalue weighted by molar-refractivity contribution is -0.302. The van der Waals surface area contributed by atoms with Gasteiger partial charge >= 0.3 is 6.18 Å². The number of para-hydroxylation sites is 2. The van der Waals surface area contributed by atoms with E-state index in [1.807, 2.05) is 0 Å². The normalized spacial score (nSPS) is 22.0. The first-order chi connectivity index (χ1) is 12.7. The van der Waals surface area contributed by atoms with Gasteiger partial charge in [0.25, 0.3) is 11.6 Å². The van der Waals surface area contributed by atoms with Crippen LogP contribution in [0.4, 0.5) is 13.2 Å². The molecule has 4 rings (SSSR count). The van der Waals surface area contributed by atoms with Crippen LogP contribution in [0.5, 0.6) is 11.5 Å². The smallest absolute Gasteiger partial charge is 0.438 e. The van der Waals surface area contributed by atoms with Crippen LogP contribution >= 0.6 is 0 Å². The summed E-state index contributed by atoms with van der Waals surface area (Å²) in [7, 11) is 0. The third-order valence-electron chi connectivity index (χ3n) is 4.71. The number of carbonyl (C=O) groups excluding carboxylic acids is 1. The van der Waals surface area contributed by atoms with Crippen LogP contribution < -0.4 is 4.74 Å². The van der Waals surface area contributed by atoms with Crippen LogP contribution in [0.15, 0.2) is 53.6 Å². The van der Waals surface area contributed by atoms with Crippen LogP contribution in [0.3, 0.4) is 0 Å². The number of aliphatic hydroxyl groups is 1. The third kappa shape index (κ3) is 2.59. The SMILES string of the molecule is CC1=NN(C(=O)C2c3ccccc3Oc3ccccc32)C(O)(C(F)(F)F)C1. The van der Waals surface area contributed by atoms with Crippen molar-refractivity contribution in [1.82, 2.24) is 5.01 Å². The second-order valence-corrected chi connectivity index (χ2v) is 6.59. The molecule has 0 bridgehead atoms. The molecule has 8 heteroatoms. The predicted molar refractivity (Wildman–Crippen MR) is 90.4 cm³/mol. The molecule has 1 amide bonds. The fourth-order valence-electron chi connectivity index (χ4n) is 3.47. The minimum Gasteiger partial charge on any atom is -0.457 e. The minimum atomic E-state index is -5.05. The number of halogens is 3. The van der Waals surface area contributed by atoms with Crippen LogP contribution in [0.2, 0.25) is 0 Å². The molecule has 0 saturated heterocycles. The Kier molecular flexibility index (Phi) is 3.78. The van der Waals surface area contributed by atoms with Gasteiger partial charge in [-0.3, -0.25) is 4.79 Å². The maximum atomic E-state index is 13.5. The van der Waals surface area contributed by atoms with E-state index in [1.165, 1.54) is 6.92 Å². The zero-order chi connectivity index (χ0) is 19.4. The molecule has 1 N–H and O–H groups in total. The molecule has 2 aromatic carbocycles. The molecule has 1 atom stereocenters. The van der Waals surface area contributed by atoms with Gasteiger partial charge in [0.1, 0.15) is 11.5 Å². The van der Waals surface area contributed by atoms with Crippen LogP contribution in [0.25, 0.3) is 0 Å². The van der Waals surface area contributed by atoms with E-state index in [2.05, 4.69) is 5.10 Å². The first-order valence-corrected chi connectivity index (χ1v) is 8.25.